The van der Waals surface area contributed by atoms with Gasteiger partial charge in [0, 0.05) is 29.3 Å². The van der Waals surface area contributed by atoms with E-state index in [1.165, 1.54) is 4.90 Å². The number of H-pyrrole nitrogens is 1. The summed E-state index contributed by atoms with van der Waals surface area (Å²) in [6.07, 6.45) is 2.12. The zero-order valence-corrected chi connectivity index (χ0v) is 11.6. The number of nitrogens with one attached hydrogen (secondary N) is 1. The molecule has 1 amide bonds. The number of aliphatic carboxylic acids is 1. The van der Waals surface area contributed by atoms with Gasteiger partial charge in [-0.1, -0.05) is 6.92 Å². The van der Waals surface area contributed by atoms with Gasteiger partial charge in [0.2, 0.25) is 5.91 Å². The van der Waals surface area contributed by atoms with Crippen LogP contribution < -0.4 is 4.90 Å². The first kappa shape index (κ1) is 14.1. The summed E-state index contributed by atoms with van der Waals surface area (Å²) in [5.74, 6) is -2.42. The Kier molecular flexibility index (Phi) is 4.08. The van der Waals surface area contributed by atoms with Crippen molar-refractivity contribution in [1.29, 1.82) is 0 Å². The van der Waals surface area contributed by atoms with E-state index in [2.05, 4.69) is 4.98 Å². The first-order valence-electron chi connectivity index (χ1n) is 6.69. The Balaban J connectivity index is 2.35. The molecule has 2 N–H and O–H groups in total. The zero-order chi connectivity index (χ0) is 14.7. The lowest BCUT2D eigenvalue weighted by atomic mass is 10.0. The van der Waals surface area contributed by atoms with Gasteiger partial charge in [-0.05, 0) is 37.6 Å². The van der Waals surface area contributed by atoms with Crippen molar-refractivity contribution in [2.24, 2.45) is 5.92 Å². The Bertz CT molecular complexity index is 633. The van der Waals surface area contributed by atoms with Gasteiger partial charge in [0.15, 0.2) is 0 Å². The number of rotatable bonds is 5. The Labute approximate surface area is 117 Å². The number of anilines is 1. The number of fused-ring (bicyclic) bond motifs is 1. The molecule has 0 unspecified atom stereocenters. The minimum Gasteiger partial charge on any atom is -0.481 e. The number of aromatic amines is 1. The van der Waals surface area contributed by atoms with Gasteiger partial charge in [-0.15, -0.1) is 0 Å². The number of carbonyl (C=O) groups is 2. The third-order valence-electron chi connectivity index (χ3n) is 3.44. The molecule has 5 nitrogen and oxygen atoms in total. The number of benzene rings is 1. The lowest BCUT2D eigenvalue weighted by Gasteiger charge is -2.24. The number of carboxylic acids is 1. The lowest BCUT2D eigenvalue weighted by molar-refractivity contribution is -0.146. The summed E-state index contributed by atoms with van der Waals surface area (Å²) < 4.78 is 0. The van der Waals surface area contributed by atoms with Gasteiger partial charge in [-0.2, -0.15) is 0 Å². The van der Waals surface area contributed by atoms with Crippen LogP contribution in [0.1, 0.15) is 20.3 Å². The Morgan fingerprint density at radius 3 is 2.65 bits per heavy atom. The summed E-state index contributed by atoms with van der Waals surface area (Å²) in [6.45, 7) is 3.99. The molecule has 0 aliphatic carbocycles. The van der Waals surface area contributed by atoms with E-state index in [0.717, 1.165) is 16.6 Å². The fourth-order valence-corrected chi connectivity index (χ4v) is 2.32. The maximum atomic E-state index is 12.4. The topological polar surface area (TPSA) is 73.4 Å². The van der Waals surface area contributed by atoms with Gasteiger partial charge in [-0.25, -0.2) is 0 Å². The standard InChI is InChI=1S/C15H18N2O3/c1-3-12(15(19)20)14(18)17(4-2)11-5-6-13-10(9-11)7-8-16-13/h5-9,12,16H,3-4H2,1-2H3,(H,19,20)/t12-/m0/s1. The molecule has 1 atom stereocenters. The fourth-order valence-electron chi connectivity index (χ4n) is 2.32. The fraction of sp³-hybridized carbons (Fsp3) is 0.333. The highest BCUT2D eigenvalue weighted by Gasteiger charge is 2.29. The predicted molar refractivity (Wildman–Crippen MR) is 77.7 cm³/mol. The van der Waals surface area contributed by atoms with Crippen molar-refractivity contribution in [1.82, 2.24) is 4.98 Å². The molecule has 1 aromatic heterocycles. The highest BCUT2D eigenvalue weighted by Crippen LogP contribution is 2.23. The maximum Gasteiger partial charge on any atom is 0.316 e. The summed E-state index contributed by atoms with van der Waals surface area (Å²) in [6, 6.07) is 7.53. The molecule has 0 aliphatic rings. The molecule has 106 valence electrons. The molecule has 0 spiro atoms. The van der Waals surface area contributed by atoms with Gasteiger partial charge in [-0.3, -0.25) is 9.59 Å². The van der Waals surface area contributed by atoms with E-state index in [4.69, 9.17) is 5.11 Å². The molecule has 1 heterocycles. The molecule has 2 rings (SSSR count). The predicted octanol–water partition coefficient (Wildman–Crippen LogP) is 2.63. The van der Waals surface area contributed by atoms with Crippen molar-refractivity contribution in [3.8, 4) is 0 Å². The van der Waals surface area contributed by atoms with Crippen LogP contribution in [0.5, 0.6) is 0 Å². The summed E-state index contributed by atoms with van der Waals surface area (Å²) >= 11 is 0. The van der Waals surface area contributed by atoms with Crippen molar-refractivity contribution in [3.63, 3.8) is 0 Å². The molecule has 0 bridgehead atoms. The molecule has 1 aromatic carbocycles. The third-order valence-corrected chi connectivity index (χ3v) is 3.44. The second-order valence-corrected chi connectivity index (χ2v) is 4.63. The first-order chi connectivity index (χ1) is 9.58. The number of carbonyl (C=O) groups excluding carboxylic acids is 1. The van der Waals surface area contributed by atoms with E-state index < -0.39 is 11.9 Å². The van der Waals surface area contributed by atoms with Crippen molar-refractivity contribution >= 4 is 28.5 Å². The summed E-state index contributed by atoms with van der Waals surface area (Å²) in [5, 5.41) is 10.1. The van der Waals surface area contributed by atoms with E-state index in [1.807, 2.05) is 37.4 Å². The number of aromatic nitrogens is 1. The summed E-state index contributed by atoms with van der Waals surface area (Å²) in [4.78, 5) is 28.1. The van der Waals surface area contributed by atoms with E-state index in [-0.39, 0.29) is 12.3 Å². The van der Waals surface area contributed by atoms with E-state index in [9.17, 15) is 9.59 Å². The normalized spacial score (nSPS) is 12.3. The third kappa shape index (κ3) is 2.52. The van der Waals surface area contributed by atoms with Crippen LogP contribution in [-0.4, -0.2) is 28.5 Å². The van der Waals surface area contributed by atoms with Crippen LogP contribution >= 0.6 is 0 Å². The molecule has 0 saturated carbocycles. The Morgan fingerprint density at radius 2 is 2.05 bits per heavy atom. The SMILES string of the molecule is CC[C@H](C(=O)O)C(=O)N(CC)c1ccc2[nH]ccc2c1. The summed E-state index contributed by atoms with van der Waals surface area (Å²) in [7, 11) is 0. The van der Waals surface area contributed by atoms with Crippen molar-refractivity contribution in [3.05, 3.63) is 30.5 Å². The molecule has 20 heavy (non-hydrogen) atoms. The van der Waals surface area contributed by atoms with E-state index >= 15 is 0 Å². The Hall–Kier alpha value is -2.30. The van der Waals surface area contributed by atoms with Crippen LogP contribution in [0.25, 0.3) is 10.9 Å². The second kappa shape index (κ2) is 5.77. The van der Waals surface area contributed by atoms with Gasteiger partial charge in [0.05, 0.1) is 0 Å². The number of nitrogens with zero attached hydrogens (tertiary/aromatic N) is 1. The molecule has 0 fully saturated rings. The van der Waals surface area contributed by atoms with Crippen LogP contribution in [0.2, 0.25) is 0 Å². The van der Waals surface area contributed by atoms with E-state index in [1.54, 1.807) is 6.92 Å². The minimum absolute atomic E-state index is 0.289. The van der Waals surface area contributed by atoms with Crippen LogP contribution in [0, 0.1) is 5.92 Å². The number of carboxylic acid groups (broad SMARTS) is 1. The smallest absolute Gasteiger partial charge is 0.316 e. The molecule has 0 aliphatic heterocycles. The highest BCUT2D eigenvalue weighted by molar-refractivity contribution is 6.06. The first-order valence-corrected chi connectivity index (χ1v) is 6.69. The van der Waals surface area contributed by atoms with Crippen LogP contribution in [0.3, 0.4) is 0 Å². The highest BCUT2D eigenvalue weighted by atomic mass is 16.4. The average molecular weight is 274 g/mol. The molecule has 2 aromatic rings. The number of amides is 1. The molecule has 0 saturated heterocycles. The van der Waals surface area contributed by atoms with Gasteiger partial charge in [0.25, 0.3) is 0 Å². The monoisotopic (exact) mass is 274 g/mol. The van der Waals surface area contributed by atoms with Crippen molar-refractivity contribution in [2.75, 3.05) is 11.4 Å². The van der Waals surface area contributed by atoms with Crippen molar-refractivity contribution in [2.45, 2.75) is 20.3 Å². The maximum absolute atomic E-state index is 12.4. The number of hydrogen-bond donors (Lipinski definition) is 2. The average Bonchev–Trinajstić information content (AvgIpc) is 2.87. The molecular weight excluding hydrogens is 256 g/mol. The minimum atomic E-state index is -1.07. The quantitative estimate of drug-likeness (QED) is 0.823. The van der Waals surface area contributed by atoms with Gasteiger partial charge >= 0.3 is 5.97 Å². The van der Waals surface area contributed by atoms with Crippen LogP contribution in [-0.2, 0) is 9.59 Å². The molecular formula is C15H18N2O3. The number of hydrogen-bond acceptors (Lipinski definition) is 2. The largest absolute Gasteiger partial charge is 0.481 e. The summed E-state index contributed by atoms with van der Waals surface area (Å²) in [5.41, 5.74) is 1.71. The Morgan fingerprint density at radius 1 is 1.30 bits per heavy atom. The molecule has 0 radical (unpaired) electrons. The van der Waals surface area contributed by atoms with Gasteiger partial charge in [0.1, 0.15) is 5.92 Å². The van der Waals surface area contributed by atoms with Gasteiger partial charge < -0.3 is 15.0 Å². The van der Waals surface area contributed by atoms with Crippen LogP contribution in [0.15, 0.2) is 30.5 Å². The molecule has 5 heteroatoms. The van der Waals surface area contributed by atoms with Crippen molar-refractivity contribution < 1.29 is 14.7 Å². The van der Waals surface area contributed by atoms with E-state index in [0.29, 0.717) is 6.54 Å². The second-order valence-electron chi connectivity index (χ2n) is 4.63. The van der Waals surface area contributed by atoms with Crippen LogP contribution in [0.4, 0.5) is 5.69 Å². The zero-order valence-electron chi connectivity index (χ0n) is 11.6. The lowest BCUT2D eigenvalue weighted by Crippen LogP contribution is -2.39.